The second-order valence-electron chi connectivity index (χ2n) is 4.90. The summed E-state index contributed by atoms with van der Waals surface area (Å²) in [4.78, 5) is 0. The second-order valence-corrected chi connectivity index (χ2v) is 4.90. The van der Waals surface area contributed by atoms with Gasteiger partial charge in [0.1, 0.15) is 0 Å². The lowest BCUT2D eigenvalue weighted by atomic mass is 10.2. The van der Waals surface area contributed by atoms with Gasteiger partial charge in [0.2, 0.25) is 0 Å². The van der Waals surface area contributed by atoms with Crippen molar-refractivity contribution in [3.05, 3.63) is 53.3 Å². The first kappa shape index (κ1) is 12.8. The zero-order valence-corrected chi connectivity index (χ0v) is 11.4. The van der Waals surface area contributed by atoms with E-state index in [4.69, 9.17) is 0 Å². The van der Waals surface area contributed by atoms with Crippen LogP contribution >= 0.6 is 0 Å². The van der Waals surface area contributed by atoms with Crippen LogP contribution in [0.2, 0.25) is 0 Å². The Labute approximate surface area is 109 Å². The first-order valence-corrected chi connectivity index (χ1v) is 6.46. The van der Waals surface area contributed by atoms with Gasteiger partial charge in [-0.2, -0.15) is 5.10 Å². The van der Waals surface area contributed by atoms with Gasteiger partial charge >= 0.3 is 0 Å². The third kappa shape index (κ3) is 3.20. The Hall–Kier alpha value is -1.61. The van der Waals surface area contributed by atoms with Crippen molar-refractivity contribution >= 4 is 0 Å². The quantitative estimate of drug-likeness (QED) is 0.874. The molecule has 0 saturated carbocycles. The van der Waals surface area contributed by atoms with Crippen LogP contribution < -0.4 is 5.32 Å². The van der Waals surface area contributed by atoms with E-state index in [0.29, 0.717) is 6.04 Å². The lowest BCUT2D eigenvalue weighted by molar-refractivity contribution is 0.528. The summed E-state index contributed by atoms with van der Waals surface area (Å²) in [6.07, 6.45) is 2.14. The molecule has 0 radical (unpaired) electrons. The molecule has 18 heavy (non-hydrogen) atoms. The predicted octanol–water partition coefficient (Wildman–Crippen LogP) is 3.06. The monoisotopic (exact) mass is 243 g/mol. The average Bonchev–Trinajstić information content (AvgIpc) is 2.73. The van der Waals surface area contributed by atoms with Crippen LogP contribution in [-0.2, 0) is 13.1 Å². The highest BCUT2D eigenvalue weighted by molar-refractivity contribution is 5.17. The molecule has 3 nitrogen and oxygen atoms in total. The maximum absolute atomic E-state index is 4.51. The highest BCUT2D eigenvalue weighted by Crippen LogP contribution is 2.10. The Morgan fingerprint density at radius 2 is 1.89 bits per heavy atom. The largest absolute Gasteiger partial charge is 0.308 e. The Morgan fingerprint density at radius 1 is 1.17 bits per heavy atom. The molecule has 1 aromatic heterocycles. The molecule has 2 rings (SSSR count). The Kier molecular flexibility index (Phi) is 4.15. The van der Waals surface area contributed by atoms with Gasteiger partial charge < -0.3 is 5.32 Å². The molecule has 1 aromatic carbocycles. The summed E-state index contributed by atoms with van der Waals surface area (Å²) in [6, 6.07) is 10.9. The maximum Gasteiger partial charge on any atom is 0.0638 e. The van der Waals surface area contributed by atoms with Gasteiger partial charge in [0.15, 0.2) is 0 Å². The number of nitrogens with zero attached hydrogens (tertiary/aromatic N) is 2. The van der Waals surface area contributed by atoms with Crippen LogP contribution in [0.1, 0.15) is 36.7 Å². The highest BCUT2D eigenvalue weighted by Gasteiger charge is 2.06. The van der Waals surface area contributed by atoms with Crippen LogP contribution in [-0.4, -0.2) is 9.78 Å². The molecular weight excluding hydrogens is 222 g/mol. The van der Waals surface area contributed by atoms with Crippen molar-refractivity contribution in [2.75, 3.05) is 0 Å². The van der Waals surface area contributed by atoms with Crippen molar-refractivity contribution in [1.29, 1.82) is 0 Å². The van der Waals surface area contributed by atoms with Crippen molar-refractivity contribution in [1.82, 2.24) is 15.1 Å². The fourth-order valence-corrected chi connectivity index (χ4v) is 1.89. The summed E-state index contributed by atoms with van der Waals surface area (Å²) in [5.41, 5.74) is 3.70. The topological polar surface area (TPSA) is 29.9 Å². The fraction of sp³-hybridized carbons (Fsp3) is 0.400. The summed E-state index contributed by atoms with van der Waals surface area (Å²) in [6.45, 7) is 8.13. The minimum atomic E-state index is 0.423. The van der Waals surface area contributed by atoms with E-state index in [-0.39, 0.29) is 0 Å². The van der Waals surface area contributed by atoms with E-state index in [2.05, 4.69) is 61.6 Å². The van der Waals surface area contributed by atoms with Crippen LogP contribution in [0.5, 0.6) is 0 Å². The van der Waals surface area contributed by atoms with E-state index in [1.54, 1.807) is 0 Å². The molecule has 0 amide bonds. The lowest BCUT2D eigenvalue weighted by Gasteiger charge is -2.04. The summed E-state index contributed by atoms with van der Waals surface area (Å²) in [7, 11) is 0. The summed E-state index contributed by atoms with van der Waals surface area (Å²) in [5.74, 6) is 0. The average molecular weight is 243 g/mol. The van der Waals surface area contributed by atoms with E-state index in [1.807, 2.05) is 10.7 Å². The molecule has 0 fully saturated rings. The smallest absolute Gasteiger partial charge is 0.0638 e. The van der Waals surface area contributed by atoms with Gasteiger partial charge in [0, 0.05) is 30.9 Å². The van der Waals surface area contributed by atoms with Gasteiger partial charge in [-0.25, -0.2) is 0 Å². The minimum Gasteiger partial charge on any atom is -0.308 e. The minimum absolute atomic E-state index is 0.423. The first-order chi connectivity index (χ1) is 8.66. The van der Waals surface area contributed by atoms with Gasteiger partial charge in [-0.1, -0.05) is 30.3 Å². The SMILES string of the molecule is Cc1nn(C(C)C)cc1CNCc1ccccc1. The molecule has 0 unspecified atom stereocenters. The fourth-order valence-electron chi connectivity index (χ4n) is 1.89. The van der Waals surface area contributed by atoms with Crippen LogP contribution in [0.4, 0.5) is 0 Å². The molecular formula is C15H21N3. The molecule has 2 aromatic rings. The zero-order chi connectivity index (χ0) is 13.0. The van der Waals surface area contributed by atoms with Gasteiger partial charge in [-0.15, -0.1) is 0 Å². The molecule has 0 saturated heterocycles. The van der Waals surface area contributed by atoms with Gasteiger partial charge in [0.25, 0.3) is 0 Å². The number of hydrogen-bond acceptors (Lipinski definition) is 2. The third-order valence-corrected chi connectivity index (χ3v) is 3.03. The van der Waals surface area contributed by atoms with Crippen LogP contribution in [0.3, 0.4) is 0 Å². The Morgan fingerprint density at radius 3 is 2.50 bits per heavy atom. The van der Waals surface area contributed by atoms with E-state index in [1.165, 1.54) is 11.1 Å². The standard InChI is InChI=1S/C15H21N3/c1-12(2)18-11-15(13(3)17-18)10-16-9-14-7-5-4-6-8-14/h4-8,11-12,16H,9-10H2,1-3H3. The number of aromatic nitrogens is 2. The van der Waals surface area contributed by atoms with E-state index in [9.17, 15) is 0 Å². The molecule has 0 aliphatic rings. The van der Waals surface area contributed by atoms with Crippen LogP contribution in [0, 0.1) is 6.92 Å². The van der Waals surface area contributed by atoms with Gasteiger partial charge in [0.05, 0.1) is 5.69 Å². The molecule has 0 bridgehead atoms. The second kappa shape index (κ2) is 5.83. The Balaban J connectivity index is 1.90. The van der Waals surface area contributed by atoms with Gasteiger partial charge in [-0.05, 0) is 26.3 Å². The van der Waals surface area contributed by atoms with Crippen LogP contribution in [0.25, 0.3) is 0 Å². The molecule has 0 spiro atoms. The summed E-state index contributed by atoms with van der Waals surface area (Å²) in [5, 5.41) is 7.97. The normalized spacial score (nSPS) is 11.1. The van der Waals surface area contributed by atoms with Crippen LogP contribution in [0.15, 0.2) is 36.5 Å². The molecule has 0 atom stereocenters. The number of aryl methyl sites for hydroxylation is 1. The van der Waals surface area contributed by atoms with Crippen molar-refractivity contribution in [3.63, 3.8) is 0 Å². The maximum atomic E-state index is 4.51. The number of hydrogen-bond donors (Lipinski definition) is 1. The summed E-state index contributed by atoms with van der Waals surface area (Å²) >= 11 is 0. The van der Waals surface area contributed by atoms with Crippen molar-refractivity contribution in [2.24, 2.45) is 0 Å². The van der Waals surface area contributed by atoms with E-state index < -0.39 is 0 Å². The molecule has 96 valence electrons. The number of nitrogens with one attached hydrogen (secondary N) is 1. The Bertz CT molecular complexity index is 486. The summed E-state index contributed by atoms with van der Waals surface area (Å²) < 4.78 is 2.02. The molecule has 0 aliphatic heterocycles. The third-order valence-electron chi connectivity index (χ3n) is 3.03. The number of rotatable bonds is 5. The van der Waals surface area contributed by atoms with Gasteiger partial charge in [-0.3, -0.25) is 4.68 Å². The van der Waals surface area contributed by atoms with Crippen molar-refractivity contribution < 1.29 is 0 Å². The van der Waals surface area contributed by atoms with Crippen molar-refractivity contribution in [2.45, 2.75) is 39.9 Å². The molecule has 3 heteroatoms. The lowest BCUT2D eigenvalue weighted by Crippen LogP contribution is -2.12. The van der Waals surface area contributed by atoms with Crippen molar-refractivity contribution in [3.8, 4) is 0 Å². The molecule has 1 N–H and O–H groups in total. The van der Waals surface area contributed by atoms with E-state index in [0.717, 1.165) is 18.8 Å². The highest BCUT2D eigenvalue weighted by atomic mass is 15.3. The predicted molar refractivity (Wildman–Crippen MR) is 74.3 cm³/mol. The first-order valence-electron chi connectivity index (χ1n) is 6.46. The molecule has 1 heterocycles. The zero-order valence-electron chi connectivity index (χ0n) is 11.4. The number of benzene rings is 1. The van der Waals surface area contributed by atoms with E-state index >= 15 is 0 Å². The molecule has 0 aliphatic carbocycles.